The van der Waals surface area contributed by atoms with E-state index in [2.05, 4.69) is 10.5 Å². The van der Waals surface area contributed by atoms with Crippen LogP contribution in [0.4, 0.5) is 0 Å². The van der Waals surface area contributed by atoms with Gasteiger partial charge >= 0.3 is 5.97 Å². The van der Waals surface area contributed by atoms with Crippen LogP contribution in [0.2, 0.25) is 0 Å². The fraction of sp³-hybridized carbons (Fsp3) is 0.643. The molecule has 0 aromatic carbocycles. The molecule has 0 saturated carbocycles. The van der Waals surface area contributed by atoms with Gasteiger partial charge in [0.25, 0.3) is 5.91 Å². The van der Waals surface area contributed by atoms with Gasteiger partial charge in [-0.25, -0.2) is 0 Å². The van der Waals surface area contributed by atoms with Gasteiger partial charge in [-0.2, -0.15) is 0 Å². The second-order valence-corrected chi connectivity index (χ2v) is 5.50. The average Bonchev–Trinajstić information content (AvgIpc) is 2.64. The Labute approximate surface area is 118 Å². The molecular formula is C14H22N2O4. The Bertz CT molecular complexity index is 460. The summed E-state index contributed by atoms with van der Waals surface area (Å²) in [5.74, 6) is -0.325. The summed E-state index contributed by atoms with van der Waals surface area (Å²) in [7, 11) is 0. The van der Waals surface area contributed by atoms with E-state index in [9.17, 15) is 9.59 Å². The van der Waals surface area contributed by atoms with E-state index in [1.165, 1.54) is 0 Å². The van der Waals surface area contributed by atoms with Crippen LogP contribution < -0.4 is 5.32 Å². The molecule has 6 heteroatoms. The van der Waals surface area contributed by atoms with E-state index in [0.717, 1.165) is 6.42 Å². The SMILES string of the molecule is Cc1noc(C)c1C(=O)NCC(CC(=O)O)CC(C)C. The van der Waals surface area contributed by atoms with Gasteiger partial charge in [0.1, 0.15) is 11.3 Å². The number of aromatic nitrogens is 1. The first-order valence-corrected chi connectivity index (χ1v) is 6.74. The Morgan fingerprint density at radius 3 is 2.45 bits per heavy atom. The lowest BCUT2D eigenvalue weighted by Crippen LogP contribution is -2.31. The predicted molar refractivity (Wildman–Crippen MR) is 73.5 cm³/mol. The molecule has 0 aliphatic rings. The number of aliphatic carboxylic acids is 1. The van der Waals surface area contributed by atoms with Crippen molar-refractivity contribution in [3.8, 4) is 0 Å². The Morgan fingerprint density at radius 2 is 2.00 bits per heavy atom. The van der Waals surface area contributed by atoms with E-state index < -0.39 is 5.97 Å². The molecule has 6 nitrogen and oxygen atoms in total. The third-order valence-corrected chi connectivity index (χ3v) is 3.08. The number of nitrogens with one attached hydrogen (secondary N) is 1. The molecule has 112 valence electrons. The molecule has 0 saturated heterocycles. The molecule has 1 amide bonds. The lowest BCUT2D eigenvalue weighted by molar-refractivity contribution is -0.138. The van der Waals surface area contributed by atoms with Crippen molar-refractivity contribution in [1.29, 1.82) is 0 Å². The van der Waals surface area contributed by atoms with E-state index in [0.29, 0.717) is 29.5 Å². The Morgan fingerprint density at radius 1 is 1.35 bits per heavy atom. The molecule has 2 N–H and O–H groups in total. The molecule has 0 bridgehead atoms. The summed E-state index contributed by atoms with van der Waals surface area (Å²) < 4.78 is 4.95. The molecule has 0 aliphatic carbocycles. The highest BCUT2D eigenvalue weighted by Crippen LogP contribution is 2.16. The lowest BCUT2D eigenvalue weighted by Gasteiger charge is -2.17. The van der Waals surface area contributed by atoms with Gasteiger partial charge in [0.05, 0.1) is 5.69 Å². The molecule has 0 aliphatic heterocycles. The van der Waals surface area contributed by atoms with E-state index in [4.69, 9.17) is 9.63 Å². The van der Waals surface area contributed by atoms with Gasteiger partial charge in [0.15, 0.2) is 0 Å². The first kappa shape index (κ1) is 16.2. The monoisotopic (exact) mass is 282 g/mol. The van der Waals surface area contributed by atoms with Gasteiger partial charge in [0, 0.05) is 13.0 Å². The van der Waals surface area contributed by atoms with Crippen molar-refractivity contribution in [2.75, 3.05) is 6.54 Å². The summed E-state index contributed by atoms with van der Waals surface area (Å²) >= 11 is 0. The maximum absolute atomic E-state index is 12.1. The summed E-state index contributed by atoms with van der Waals surface area (Å²) in [6.45, 7) is 7.79. The quantitative estimate of drug-likeness (QED) is 0.799. The fourth-order valence-electron chi connectivity index (χ4n) is 2.29. The van der Waals surface area contributed by atoms with Gasteiger partial charge in [-0.15, -0.1) is 0 Å². The highest BCUT2D eigenvalue weighted by Gasteiger charge is 2.20. The molecule has 1 unspecified atom stereocenters. The minimum atomic E-state index is -0.845. The van der Waals surface area contributed by atoms with Crippen LogP contribution >= 0.6 is 0 Å². The van der Waals surface area contributed by atoms with Crippen molar-refractivity contribution in [2.24, 2.45) is 11.8 Å². The van der Waals surface area contributed by atoms with Crippen LogP contribution in [0.15, 0.2) is 4.52 Å². The molecule has 1 heterocycles. The second-order valence-electron chi connectivity index (χ2n) is 5.50. The maximum Gasteiger partial charge on any atom is 0.303 e. The molecule has 20 heavy (non-hydrogen) atoms. The number of nitrogens with zero attached hydrogens (tertiary/aromatic N) is 1. The first-order valence-electron chi connectivity index (χ1n) is 6.74. The maximum atomic E-state index is 12.1. The normalized spacial score (nSPS) is 12.4. The van der Waals surface area contributed by atoms with E-state index in [1.54, 1.807) is 13.8 Å². The number of carbonyl (C=O) groups excluding carboxylic acids is 1. The van der Waals surface area contributed by atoms with Crippen molar-refractivity contribution in [3.63, 3.8) is 0 Å². The van der Waals surface area contributed by atoms with Crippen LogP contribution in [0.5, 0.6) is 0 Å². The van der Waals surface area contributed by atoms with Crippen LogP contribution in [0.3, 0.4) is 0 Å². The van der Waals surface area contributed by atoms with Crippen molar-refractivity contribution >= 4 is 11.9 Å². The zero-order chi connectivity index (χ0) is 15.3. The number of carbonyl (C=O) groups is 2. The van der Waals surface area contributed by atoms with Gasteiger partial charge in [-0.3, -0.25) is 9.59 Å². The number of hydrogen-bond donors (Lipinski definition) is 2. The molecule has 1 rings (SSSR count). The van der Waals surface area contributed by atoms with Gasteiger partial charge in [-0.1, -0.05) is 19.0 Å². The summed E-state index contributed by atoms with van der Waals surface area (Å²) in [6, 6.07) is 0. The number of carboxylic acids is 1. The molecule has 0 spiro atoms. The number of aryl methyl sites for hydroxylation is 2. The molecular weight excluding hydrogens is 260 g/mol. The van der Waals surface area contributed by atoms with Crippen molar-refractivity contribution < 1.29 is 19.2 Å². The van der Waals surface area contributed by atoms with Crippen LogP contribution in [-0.4, -0.2) is 28.7 Å². The topological polar surface area (TPSA) is 92.4 Å². The van der Waals surface area contributed by atoms with E-state index in [1.807, 2.05) is 13.8 Å². The van der Waals surface area contributed by atoms with Crippen molar-refractivity contribution in [3.05, 3.63) is 17.0 Å². The second kappa shape index (κ2) is 7.07. The smallest absolute Gasteiger partial charge is 0.303 e. The van der Waals surface area contributed by atoms with Gasteiger partial charge < -0.3 is 14.9 Å². The Kier molecular flexibility index (Phi) is 5.73. The largest absolute Gasteiger partial charge is 0.481 e. The zero-order valence-corrected chi connectivity index (χ0v) is 12.4. The highest BCUT2D eigenvalue weighted by molar-refractivity contribution is 5.96. The van der Waals surface area contributed by atoms with Crippen LogP contribution in [-0.2, 0) is 4.79 Å². The summed E-state index contributed by atoms with van der Waals surface area (Å²) in [5.41, 5.74) is 0.974. The van der Waals surface area contributed by atoms with E-state index in [-0.39, 0.29) is 18.2 Å². The predicted octanol–water partition coefficient (Wildman–Crippen LogP) is 2.16. The molecule has 1 atom stereocenters. The average molecular weight is 282 g/mol. The van der Waals surface area contributed by atoms with E-state index >= 15 is 0 Å². The zero-order valence-electron chi connectivity index (χ0n) is 12.4. The molecule has 0 radical (unpaired) electrons. The number of hydrogen-bond acceptors (Lipinski definition) is 4. The number of carboxylic acid groups (broad SMARTS) is 1. The minimum Gasteiger partial charge on any atom is -0.481 e. The first-order chi connectivity index (χ1) is 9.31. The van der Waals surface area contributed by atoms with Crippen LogP contribution in [0.1, 0.15) is 48.5 Å². The Balaban J connectivity index is 2.62. The highest BCUT2D eigenvalue weighted by atomic mass is 16.5. The molecule has 1 aromatic rings. The fourth-order valence-corrected chi connectivity index (χ4v) is 2.29. The van der Waals surface area contributed by atoms with Crippen molar-refractivity contribution in [2.45, 2.75) is 40.5 Å². The van der Waals surface area contributed by atoms with Gasteiger partial charge in [-0.05, 0) is 32.1 Å². The number of amides is 1. The van der Waals surface area contributed by atoms with Crippen LogP contribution in [0.25, 0.3) is 0 Å². The summed E-state index contributed by atoms with van der Waals surface area (Å²) in [4.78, 5) is 22.9. The molecule has 0 fully saturated rings. The summed E-state index contributed by atoms with van der Waals surface area (Å²) in [6.07, 6.45) is 0.814. The van der Waals surface area contributed by atoms with Crippen molar-refractivity contribution in [1.82, 2.24) is 10.5 Å². The lowest BCUT2D eigenvalue weighted by atomic mass is 9.94. The summed E-state index contributed by atoms with van der Waals surface area (Å²) in [5, 5.41) is 15.4. The molecule has 1 aromatic heterocycles. The number of rotatable bonds is 7. The standard InChI is InChI=1S/C14H22N2O4/c1-8(2)5-11(6-12(17)18)7-15-14(19)13-9(3)16-20-10(13)4/h8,11H,5-7H2,1-4H3,(H,15,19)(H,17,18). The third kappa shape index (κ3) is 4.68. The third-order valence-electron chi connectivity index (χ3n) is 3.08. The van der Waals surface area contributed by atoms with Gasteiger partial charge in [0.2, 0.25) is 0 Å². The minimum absolute atomic E-state index is 0.0556. The Hall–Kier alpha value is -1.85. The van der Waals surface area contributed by atoms with Crippen LogP contribution in [0, 0.1) is 25.7 Å².